The molecule has 150 valence electrons. The van der Waals surface area contributed by atoms with E-state index in [1.165, 1.54) is 0 Å². The van der Waals surface area contributed by atoms with Crippen LogP contribution in [-0.2, 0) is 20.8 Å². The van der Waals surface area contributed by atoms with Gasteiger partial charge in [0.15, 0.2) is 12.9 Å². The molecule has 7 nitrogen and oxygen atoms in total. The van der Waals surface area contributed by atoms with Crippen molar-refractivity contribution in [3.05, 3.63) is 72.4 Å². The molecule has 7 heteroatoms. The second-order valence-electron chi connectivity index (χ2n) is 6.68. The fourth-order valence-electron chi connectivity index (χ4n) is 3.19. The van der Waals surface area contributed by atoms with E-state index < -0.39 is 6.29 Å². The van der Waals surface area contributed by atoms with Crippen LogP contribution < -0.4 is 4.74 Å². The van der Waals surface area contributed by atoms with E-state index in [0.29, 0.717) is 32.1 Å². The summed E-state index contributed by atoms with van der Waals surface area (Å²) in [7, 11) is 0. The number of H-pyrrole nitrogens is 1. The summed E-state index contributed by atoms with van der Waals surface area (Å²) in [6.07, 6.45) is 1.32. The number of carbonyl (C=O) groups excluding carboxylic acids is 1. The molecule has 3 aromatic rings. The van der Waals surface area contributed by atoms with E-state index in [0.717, 1.165) is 16.8 Å². The third-order valence-corrected chi connectivity index (χ3v) is 4.66. The lowest BCUT2D eigenvalue weighted by Gasteiger charge is -2.25. The number of nitrogens with one attached hydrogen (secondary N) is 1. The number of para-hydroxylation sites is 1. The van der Waals surface area contributed by atoms with Crippen LogP contribution in [0.25, 0.3) is 11.3 Å². The molecule has 0 unspecified atom stereocenters. The predicted molar refractivity (Wildman–Crippen MR) is 107 cm³/mol. The second kappa shape index (κ2) is 9.36. The van der Waals surface area contributed by atoms with E-state index in [-0.39, 0.29) is 12.5 Å². The van der Waals surface area contributed by atoms with Crippen LogP contribution in [0.15, 0.2) is 66.9 Å². The number of aromatic amines is 1. The lowest BCUT2D eigenvalue weighted by atomic mass is 10.1. The number of rotatable bonds is 8. The predicted octanol–water partition coefficient (Wildman–Crippen LogP) is 2.86. The van der Waals surface area contributed by atoms with Crippen molar-refractivity contribution in [3.8, 4) is 17.0 Å². The van der Waals surface area contributed by atoms with Gasteiger partial charge in [-0.2, -0.15) is 5.10 Å². The average molecular weight is 393 g/mol. The summed E-state index contributed by atoms with van der Waals surface area (Å²) in [6.45, 7) is 1.72. The number of aromatic nitrogens is 2. The highest BCUT2D eigenvalue weighted by atomic mass is 16.7. The SMILES string of the molecule is O=C(COc1ccccc1)N(Cc1cn[nH]c1-c1ccccc1)CC1OCCO1. The molecule has 1 aliphatic rings. The summed E-state index contributed by atoms with van der Waals surface area (Å²) in [5.74, 6) is 0.510. The normalized spacial score (nSPS) is 14.1. The summed E-state index contributed by atoms with van der Waals surface area (Å²) in [5, 5.41) is 7.22. The molecule has 1 aromatic heterocycles. The molecule has 1 aliphatic heterocycles. The lowest BCUT2D eigenvalue weighted by molar-refractivity contribution is -0.140. The van der Waals surface area contributed by atoms with Crippen molar-refractivity contribution < 1.29 is 19.0 Å². The first-order chi connectivity index (χ1) is 14.3. The average Bonchev–Trinajstić information content (AvgIpc) is 3.45. The zero-order valence-corrected chi connectivity index (χ0v) is 16.0. The van der Waals surface area contributed by atoms with Crippen molar-refractivity contribution in [2.24, 2.45) is 0 Å². The van der Waals surface area contributed by atoms with Gasteiger partial charge in [0.1, 0.15) is 5.75 Å². The fraction of sp³-hybridized carbons (Fsp3) is 0.273. The first kappa shape index (κ1) is 19.2. The van der Waals surface area contributed by atoms with Gasteiger partial charge in [0, 0.05) is 12.1 Å². The Morgan fingerprint density at radius 2 is 1.76 bits per heavy atom. The van der Waals surface area contributed by atoms with Crippen molar-refractivity contribution in [1.29, 1.82) is 0 Å². The Labute approximate surface area is 169 Å². The van der Waals surface area contributed by atoms with Crippen molar-refractivity contribution in [2.45, 2.75) is 12.8 Å². The topological polar surface area (TPSA) is 76.7 Å². The monoisotopic (exact) mass is 393 g/mol. The summed E-state index contributed by atoms with van der Waals surface area (Å²) in [6, 6.07) is 19.2. The van der Waals surface area contributed by atoms with Crippen molar-refractivity contribution in [1.82, 2.24) is 15.1 Å². The first-order valence-electron chi connectivity index (χ1n) is 9.56. The van der Waals surface area contributed by atoms with Gasteiger partial charge < -0.3 is 19.1 Å². The minimum absolute atomic E-state index is 0.0603. The molecule has 0 aliphatic carbocycles. The van der Waals surface area contributed by atoms with Gasteiger partial charge in [-0.15, -0.1) is 0 Å². The quantitative estimate of drug-likeness (QED) is 0.637. The van der Waals surface area contributed by atoms with Crippen LogP contribution in [0.1, 0.15) is 5.56 Å². The van der Waals surface area contributed by atoms with E-state index in [9.17, 15) is 4.79 Å². The molecule has 1 saturated heterocycles. The number of hydrogen-bond acceptors (Lipinski definition) is 5. The van der Waals surface area contributed by atoms with Gasteiger partial charge in [0.05, 0.1) is 31.6 Å². The van der Waals surface area contributed by atoms with Crippen LogP contribution in [0.5, 0.6) is 5.75 Å². The van der Waals surface area contributed by atoms with E-state index >= 15 is 0 Å². The number of nitrogens with zero attached hydrogens (tertiary/aromatic N) is 2. The lowest BCUT2D eigenvalue weighted by Crippen LogP contribution is -2.40. The molecule has 29 heavy (non-hydrogen) atoms. The molecule has 1 fully saturated rings. The highest BCUT2D eigenvalue weighted by Crippen LogP contribution is 2.22. The summed E-state index contributed by atoms with van der Waals surface area (Å²) >= 11 is 0. The van der Waals surface area contributed by atoms with Crippen LogP contribution in [-0.4, -0.2) is 53.7 Å². The van der Waals surface area contributed by atoms with Crippen molar-refractivity contribution in [3.63, 3.8) is 0 Å². The third-order valence-electron chi connectivity index (χ3n) is 4.66. The Hall–Kier alpha value is -3.16. The number of amides is 1. The maximum Gasteiger partial charge on any atom is 0.260 e. The Bertz CT molecular complexity index is 908. The highest BCUT2D eigenvalue weighted by molar-refractivity contribution is 5.78. The fourth-order valence-corrected chi connectivity index (χ4v) is 3.19. The summed E-state index contributed by atoms with van der Waals surface area (Å²) in [4.78, 5) is 14.6. The molecule has 0 bridgehead atoms. The minimum atomic E-state index is -0.428. The van der Waals surface area contributed by atoms with Gasteiger partial charge in [-0.1, -0.05) is 48.5 Å². The molecule has 0 saturated carbocycles. The highest BCUT2D eigenvalue weighted by Gasteiger charge is 2.25. The van der Waals surface area contributed by atoms with Crippen molar-refractivity contribution >= 4 is 5.91 Å². The second-order valence-corrected chi connectivity index (χ2v) is 6.68. The standard InChI is InChI=1S/C22H23N3O4/c26-20(16-29-19-9-5-2-6-10-19)25(15-21-27-11-12-28-21)14-18-13-23-24-22(18)17-7-3-1-4-8-17/h1-10,13,21H,11-12,14-16H2,(H,23,24). The zero-order valence-electron chi connectivity index (χ0n) is 16.0. The summed E-state index contributed by atoms with van der Waals surface area (Å²) < 4.78 is 16.8. The number of hydrogen-bond donors (Lipinski definition) is 1. The maximum atomic E-state index is 12.9. The molecular formula is C22H23N3O4. The van der Waals surface area contributed by atoms with Gasteiger partial charge in [0.25, 0.3) is 5.91 Å². The molecular weight excluding hydrogens is 370 g/mol. The molecule has 4 rings (SSSR count). The number of benzene rings is 2. The van der Waals surface area contributed by atoms with Gasteiger partial charge in [-0.3, -0.25) is 9.89 Å². The van der Waals surface area contributed by atoms with Crippen LogP contribution in [0.3, 0.4) is 0 Å². The third kappa shape index (κ3) is 5.01. The van der Waals surface area contributed by atoms with Gasteiger partial charge in [-0.25, -0.2) is 0 Å². The van der Waals surface area contributed by atoms with Crippen molar-refractivity contribution in [2.75, 3.05) is 26.4 Å². The number of carbonyl (C=O) groups is 1. The molecule has 0 spiro atoms. The van der Waals surface area contributed by atoms with Gasteiger partial charge in [-0.05, 0) is 17.7 Å². The van der Waals surface area contributed by atoms with Crippen LogP contribution in [0.4, 0.5) is 0 Å². The number of ether oxygens (including phenoxy) is 3. The minimum Gasteiger partial charge on any atom is -0.484 e. The Morgan fingerprint density at radius 3 is 2.48 bits per heavy atom. The Balaban J connectivity index is 1.48. The molecule has 2 heterocycles. The van der Waals surface area contributed by atoms with Gasteiger partial charge in [0.2, 0.25) is 0 Å². The summed E-state index contributed by atoms with van der Waals surface area (Å²) in [5.41, 5.74) is 2.82. The molecule has 2 aromatic carbocycles. The van der Waals surface area contributed by atoms with Gasteiger partial charge >= 0.3 is 0 Å². The Morgan fingerprint density at radius 1 is 1.07 bits per heavy atom. The Kier molecular flexibility index (Phi) is 6.19. The van der Waals surface area contributed by atoms with E-state index in [4.69, 9.17) is 14.2 Å². The molecule has 0 atom stereocenters. The molecule has 1 N–H and O–H groups in total. The van der Waals surface area contributed by atoms with Crippen LogP contribution in [0, 0.1) is 0 Å². The van der Waals surface area contributed by atoms with E-state index in [1.54, 1.807) is 11.1 Å². The first-order valence-corrected chi connectivity index (χ1v) is 9.56. The smallest absolute Gasteiger partial charge is 0.260 e. The van der Waals surface area contributed by atoms with E-state index in [1.807, 2.05) is 60.7 Å². The van der Waals surface area contributed by atoms with E-state index in [2.05, 4.69) is 10.2 Å². The molecule has 0 radical (unpaired) electrons. The van der Waals surface area contributed by atoms with Crippen LogP contribution >= 0.6 is 0 Å². The maximum absolute atomic E-state index is 12.9. The van der Waals surface area contributed by atoms with Crippen LogP contribution in [0.2, 0.25) is 0 Å². The largest absolute Gasteiger partial charge is 0.484 e. The zero-order chi connectivity index (χ0) is 19.9. The molecule has 1 amide bonds.